The molecule has 18 heavy (non-hydrogen) atoms. The second-order valence-corrected chi connectivity index (χ2v) is 4.15. The van der Waals surface area contributed by atoms with E-state index in [1.807, 2.05) is 17.9 Å². The summed E-state index contributed by atoms with van der Waals surface area (Å²) in [6.45, 7) is 3.27. The van der Waals surface area contributed by atoms with E-state index in [0.29, 0.717) is 19.5 Å². The Hall–Kier alpha value is -1.66. The van der Waals surface area contributed by atoms with Crippen LogP contribution >= 0.6 is 0 Å². The van der Waals surface area contributed by atoms with Gasteiger partial charge in [-0.25, -0.2) is 9.50 Å². The van der Waals surface area contributed by atoms with Crippen LogP contribution in [0, 0.1) is 6.92 Å². The van der Waals surface area contributed by atoms with Crippen molar-refractivity contribution in [2.45, 2.75) is 13.3 Å². The van der Waals surface area contributed by atoms with E-state index < -0.39 is 0 Å². The van der Waals surface area contributed by atoms with Crippen LogP contribution in [0.25, 0.3) is 5.52 Å². The summed E-state index contributed by atoms with van der Waals surface area (Å²) in [5.74, 6) is 0.792. The van der Waals surface area contributed by atoms with Crippen molar-refractivity contribution in [3.8, 4) is 0 Å². The molecule has 0 saturated heterocycles. The van der Waals surface area contributed by atoms with Gasteiger partial charge in [0.15, 0.2) is 5.82 Å². The molecule has 0 aliphatic carbocycles. The minimum atomic E-state index is 0.0568. The van der Waals surface area contributed by atoms with Crippen LogP contribution in [0.15, 0.2) is 18.5 Å². The van der Waals surface area contributed by atoms with Gasteiger partial charge in [0.05, 0.1) is 12.3 Å². The van der Waals surface area contributed by atoms with Gasteiger partial charge in [-0.05, 0) is 19.4 Å². The van der Waals surface area contributed by atoms with E-state index in [2.05, 4.69) is 10.1 Å². The number of hydrogen-bond donors (Lipinski definition) is 2. The van der Waals surface area contributed by atoms with Crippen molar-refractivity contribution < 1.29 is 10.2 Å². The molecule has 0 aromatic carbocycles. The Morgan fingerprint density at radius 1 is 1.28 bits per heavy atom. The minimum absolute atomic E-state index is 0.0568. The molecule has 2 rings (SSSR count). The SMILES string of the molecule is Cc1cc2c(N(CCO)CCCO)nccn2n1. The molecule has 2 heterocycles. The van der Waals surface area contributed by atoms with Crippen LogP contribution in [0.5, 0.6) is 0 Å². The molecule has 6 heteroatoms. The summed E-state index contributed by atoms with van der Waals surface area (Å²) >= 11 is 0. The van der Waals surface area contributed by atoms with Crippen LogP contribution in [0.3, 0.4) is 0 Å². The third kappa shape index (κ3) is 2.60. The molecule has 98 valence electrons. The van der Waals surface area contributed by atoms with E-state index in [1.165, 1.54) is 0 Å². The summed E-state index contributed by atoms with van der Waals surface area (Å²) in [5, 5.41) is 22.4. The third-order valence-electron chi connectivity index (χ3n) is 2.75. The first-order valence-electron chi connectivity index (χ1n) is 6.04. The molecule has 0 spiro atoms. The molecule has 0 amide bonds. The van der Waals surface area contributed by atoms with Gasteiger partial charge in [-0.2, -0.15) is 5.10 Å². The molecule has 2 N–H and O–H groups in total. The summed E-state index contributed by atoms with van der Waals surface area (Å²) in [4.78, 5) is 6.33. The number of aliphatic hydroxyl groups is 2. The number of aryl methyl sites for hydroxylation is 1. The normalized spacial score (nSPS) is 11.1. The van der Waals surface area contributed by atoms with Crippen molar-refractivity contribution in [3.05, 3.63) is 24.2 Å². The molecule has 2 aromatic rings. The van der Waals surface area contributed by atoms with E-state index in [4.69, 9.17) is 10.2 Å². The van der Waals surface area contributed by atoms with E-state index >= 15 is 0 Å². The van der Waals surface area contributed by atoms with E-state index in [-0.39, 0.29) is 13.2 Å². The first-order chi connectivity index (χ1) is 8.76. The van der Waals surface area contributed by atoms with Crippen molar-refractivity contribution >= 4 is 11.3 Å². The summed E-state index contributed by atoms with van der Waals surface area (Å²) in [5.41, 5.74) is 1.84. The Bertz CT molecular complexity index is 512. The average Bonchev–Trinajstić information content (AvgIpc) is 2.74. The maximum atomic E-state index is 9.12. The molecule has 0 saturated carbocycles. The second kappa shape index (κ2) is 5.79. The Kier molecular flexibility index (Phi) is 4.11. The predicted octanol–water partition coefficient (Wildman–Crippen LogP) is 0.219. The van der Waals surface area contributed by atoms with Gasteiger partial charge in [0, 0.05) is 32.1 Å². The smallest absolute Gasteiger partial charge is 0.154 e. The van der Waals surface area contributed by atoms with Crippen molar-refractivity contribution in [3.63, 3.8) is 0 Å². The van der Waals surface area contributed by atoms with Gasteiger partial charge in [-0.15, -0.1) is 0 Å². The Morgan fingerprint density at radius 3 is 2.83 bits per heavy atom. The average molecular weight is 250 g/mol. The number of fused-ring (bicyclic) bond motifs is 1. The molecule has 0 atom stereocenters. The number of anilines is 1. The lowest BCUT2D eigenvalue weighted by Crippen LogP contribution is -2.29. The molecule has 2 aromatic heterocycles. The van der Waals surface area contributed by atoms with Crippen LogP contribution in [0.1, 0.15) is 12.1 Å². The first kappa shape index (κ1) is 12.8. The number of rotatable bonds is 6. The molecular formula is C12H18N4O2. The van der Waals surface area contributed by atoms with Gasteiger partial charge in [0.25, 0.3) is 0 Å². The number of nitrogens with zero attached hydrogens (tertiary/aromatic N) is 4. The fraction of sp³-hybridized carbons (Fsp3) is 0.500. The highest BCUT2D eigenvalue weighted by Gasteiger charge is 2.12. The molecule has 0 aliphatic heterocycles. The van der Waals surface area contributed by atoms with Gasteiger partial charge >= 0.3 is 0 Å². The highest BCUT2D eigenvalue weighted by molar-refractivity contribution is 5.69. The lowest BCUT2D eigenvalue weighted by atomic mass is 10.3. The standard InChI is InChI=1S/C12H18N4O2/c1-10-9-11-12(13-3-5-16(11)14-10)15(6-8-18)4-2-7-17/h3,5,9,17-18H,2,4,6-8H2,1H3. The second-order valence-electron chi connectivity index (χ2n) is 4.15. The van der Waals surface area contributed by atoms with Gasteiger partial charge in [-0.3, -0.25) is 0 Å². The Balaban J connectivity index is 2.36. The largest absolute Gasteiger partial charge is 0.396 e. The van der Waals surface area contributed by atoms with Crippen molar-refractivity contribution in [2.24, 2.45) is 0 Å². The maximum absolute atomic E-state index is 9.12. The maximum Gasteiger partial charge on any atom is 0.154 e. The van der Waals surface area contributed by atoms with Crippen molar-refractivity contribution in [1.82, 2.24) is 14.6 Å². The highest BCUT2D eigenvalue weighted by atomic mass is 16.3. The zero-order chi connectivity index (χ0) is 13.0. The molecule has 0 unspecified atom stereocenters. The van der Waals surface area contributed by atoms with E-state index in [1.54, 1.807) is 16.9 Å². The van der Waals surface area contributed by atoms with E-state index in [9.17, 15) is 0 Å². The van der Waals surface area contributed by atoms with Crippen LogP contribution in [-0.4, -0.2) is 51.1 Å². The van der Waals surface area contributed by atoms with Gasteiger partial charge in [0.1, 0.15) is 5.52 Å². The van der Waals surface area contributed by atoms with E-state index in [0.717, 1.165) is 17.0 Å². The number of hydrogen-bond acceptors (Lipinski definition) is 5. The molecular weight excluding hydrogens is 232 g/mol. The van der Waals surface area contributed by atoms with Gasteiger partial charge in [0.2, 0.25) is 0 Å². The molecule has 6 nitrogen and oxygen atoms in total. The molecule has 0 aliphatic rings. The number of aromatic nitrogens is 3. The summed E-state index contributed by atoms with van der Waals surface area (Å²) in [7, 11) is 0. The van der Waals surface area contributed by atoms with Crippen LogP contribution < -0.4 is 4.90 Å². The number of aliphatic hydroxyl groups excluding tert-OH is 2. The minimum Gasteiger partial charge on any atom is -0.396 e. The zero-order valence-electron chi connectivity index (χ0n) is 10.5. The molecule has 0 bridgehead atoms. The lowest BCUT2D eigenvalue weighted by Gasteiger charge is -2.22. The Labute approximate surface area is 105 Å². The van der Waals surface area contributed by atoms with Crippen LogP contribution in [0.4, 0.5) is 5.82 Å². The fourth-order valence-corrected chi connectivity index (χ4v) is 1.98. The zero-order valence-corrected chi connectivity index (χ0v) is 10.5. The van der Waals surface area contributed by atoms with Crippen molar-refractivity contribution in [1.29, 1.82) is 0 Å². The molecule has 0 radical (unpaired) electrons. The lowest BCUT2D eigenvalue weighted by molar-refractivity contribution is 0.281. The summed E-state index contributed by atoms with van der Waals surface area (Å²) in [6, 6.07) is 1.96. The summed E-state index contributed by atoms with van der Waals surface area (Å²) < 4.78 is 1.78. The third-order valence-corrected chi connectivity index (χ3v) is 2.75. The highest BCUT2D eigenvalue weighted by Crippen LogP contribution is 2.19. The predicted molar refractivity (Wildman–Crippen MR) is 68.7 cm³/mol. The Morgan fingerprint density at radius 2 is 2.11 bits per heavy atom. The topological polar surface area (TPSA) is 73.9 Å². The fourth-order valence-electron chi connectivity index (χ4n) is 1.98. The van der Waals surface area contributed by atoms with Crippen LogP contribution in [0.2, 0.25) is 0 Å². The quantitative estimate of drug-likeness (QED) is 0.767. The van der Waals surface area contributed by atoms with Crippen molar-refractivity contribution in [2.75, 3.05) is 31.2 Å². The monoisotopic (exact) mass is 250 g/mol. The van der Waals surface area contributed by atoms with Gasteiger partial charge in [-0.1, -0.05) is 0 Å². The van der Waals surface area contributed by atoms with Gasteiger partial charge < -0.3 is 15.1 Å². The summed E-state index contributed by atoms with van der Waals surface area (Å²) in [6.07, 6.45) is 4.14. The first-order valence-corrected chi connectivity index (χ1v) is 6.04. The van der Waals surface area contributed by atoms with Crippen LogP contribution in [-0.2, 0) is 0 Å². The molecule has 0 fully saturated rings.